The highest BCUT2D eigenvalue weighted by atomic mass is 35.5. The van der Waals surface area contributed by atoms with Gasteiger partial charge in [0, 0.05) is 11.4 Å². The van der Waals surface area contributed by atoms with Crippen LogP contribution in [0.15, 0.2) is 33.9 Å². The summed E-state index contributed by atoms with van der Waals surface area (Å²) in [5.74, 6) is -1.13. The first-order chi connectivity index (χ1) is 11.5. The van der Waals surface area contributed by atoms with E-state index >= 15 is 0 Å². The summed E-state index contributed by atoms with van der Waals surface area (Å²) in [5.41, 5.74) is -0.371. The molecule has 0 aliphatic carbocycles. The Morgan fingerprint density at radius 2 is 2.17 bits per heavy atom. The van der Waals surface area contributed by atoms with Gasteiger partial charge < -0.3 is 9.47 Å². The molecule has 1 aliphatic heterocycles. The van der Waals surface area contributed by atoms with Gasteiger partial charge in [-0.3, -0.25) is 19.6 Å². The van der Waals surface area contributed by atoms with Crippen molar-refractivity contribution in [3.8, 4) is 5.88 Å². The van der Waals surface area contributed by atoms with Crippen molar-refractivity contribution in [3.63, 3.8) is 0 Å². The van der Waals surface area contributed by atoms with Gasteiger partial charge in [-0.05, 0) is 24.6 Å². The van der Waals surface area contributed by atoms with E-state index in [0.29, 0.717) is 10.6 Å². The maximum Gasteiger partial charge on any atom is 0.328 e. The first-order valence-electron chi connectivity index (χ1n) is 7.43. The van der Waals surface area contributed by atoms with Crippen LogP contribution in [0, 0.1) is 5.92 Å². The van der Waals surface area contributed by atoms with Gasteiger partial charge >= 0.3 is 11.7 Å². The number of H-pyrrole nitrogens is 2. The van der Waals surface area contributed by atoms with Crippen molar-refractivity contribution in [1.29, 1.82) is 0 Å². The first kappa shape index (κ1) is 16.3. The molecule has 24 heavy (non-hydrogen) atoms. The number of hydrogen-bond acceptors (Lipinski definition) is 5. The molecular weight excluding hydrogens is 336 g/mol. The second-order valence-electron chi connectivity index (χ2n) is 5.37. The third-order valence-corrected chi connectivity index (χ3v) is 4.04. The van der Waals surface area contributed by atoms with Gasteiger partial charge in [0.2, 0.25) is 5.88 Å². The van der Waals surface area contributed by atoms with Gasteiger partial charge in [0.05, 0.1) is 12.2 Å². The van der Waals surface area contributed by atoms with Crippen LogP contribution in [0.1, 0.15) is 24.2 Å². The van der Waals surface area contributed by atoms with Crippen molar-refractivity contribution < 1.29 is 14.3 Å². The summed E-state index contributed by atoms with van der Waals surface area (Å²) in [5, 5.41) is 0.490. The molecule has 0 bridgehead atoms. The average molecular weight is 351 g/mol. The molecule has 0 spiro atoms. The van der Waals surface area contributed by atoms with Crippen LogP contribution in [0.25, 0.3) is 0 Å². The SMILES string of the molecule is CCOC(=O)C1Cc2c([nH]c(=O)[nH]c2=O)OC1c1cccc(Cl)c1. The van der Waals surface area contributed by atoms with E-state index in [4.69, 9.17) is 21.1 Å². The number of carbonyl (C=O) groups is 1. The zero-order valence-electron chi connectivity index (χ0n) is 12.8. The van der Waals surface area contributed by atoms with E-state index in [-0.39, 0.29) is 24.5 Å². The Balaban J connectivity index is 2.08. The molecule has 2 unspecified atom stereocenters. The second kappa shape index (κ2) is 6.52. The van der Waals surface area contributed by atoms with Crippen LogP contribution in [0.3, 0.4) is 0 Å². The van der Waals surface area contributed by atoms with E-state index in [9.17, 15) is 14.4 Å². The van der Waals surface area contributed by atoms with Crippen molar-refractivity contribution in [1.82, 2.24) is 9.97 Å². The number of nitrogens with one attached hydrogen (secondary N) is 2. The Hall–Kier alpha value is -2.54. The summed E-state index contributed by atoms with van der Waals surface area (Å²) in [4.78, 5) is 40.4. The number of ether oxygens (including phenoxy) is 2. The molecule has 0 radical (unpaired) electrons. The number of carbonyl (C=O) groups excluding carboxylic acids is 1. The minimum absolute atomic E-state index is 0.0641. The van der Waals surface area contributed by atoms with Gasteiger partial charge in [-0.1, -0.05) is 23.7 Å². The van der Waals surface area contributed by atoms with Gasteiger partial charge in [0.15, 0.2) is 0 Å². The lowest BCUT2D eigenvalue weighted by Crippen LogP contribution is -2.38. The van der Waals surface area contributed by atoms with E-state index in [1.807, 2.05) is 0 Å². The van der Waals surface area contributed by atoms with Crippen molar-refractivity contribution in [3.05, 3.63) is 61.3 Å². The van der Waals surface area contributed by atoms with Crippen LogP contribution >= 0.6 is 11.6 Å². The van der Waals surface area contributed by atoms with E-state index in [0.717, 1.165) is 0 Å². The van der Waals surface area contributed by atoms with E-state index < -0.39 is 29.2 Å². The quantitative estimate of drug-likeness (QED) is 0.818. The summed E-state index contributed by atoms with van der Waals surface area (Å²) in [6.45, 7) is 1.92. The van der Waals surface area contributed by atoms with Gasteiger partial charge in [-0.25, -0.2) is 4.79 Å². The highest BCUT2D eigenvalue weighted by molar-refractivity contribution is 6.30. The molecule has 2 atom stereocenters. The fourth-order valence-corrected chi connectivity index (χ4v) is 2.95. The van der Waals surface area contributed by atoms with Crippen molar-refractivity contribution >= 4 is 17.6 Å². The van der Waals surface area contributed by atoms with Crippen LogP contribution in [0.4, 0.5) is 0 Å². The molecule has 0 amide bonds. The molecule has 7 nitrogen and oxygen atoms in total. The predicted molar refractivity (Wildman–Crippen MR) is 86.3 cm³/mol. The minimum atomic E-state index is -0.720. The highest BCUT2D eigenvalue weighted by Gasteiger charge is 2.39. The van der Waals surface area contributed by atoms with Gasteiger partial charge in [-0.2, -0.15) is 0 Å². The van der Waals surface area contributed by atoms with Crippen LogP contribution in [-0.4, -0.2) is 22.5 Å². The second-order valence-corrected chi connectivity index (χ2v) is 5.81. The predicted octanol–water partition coefficient (Wildman–Crippen LogP) is 1.57. The number of halogens is 1. The number of fused-ring (bicyclic) bond motifs is 1. The standard InChI is InChI=1S/C16H15ClN2O5/c1-2-23-15(21)10-7-11-13(20)18-16(22)19-14(11)24-12(10)8-4-3-5-9(17)6-8/h3-6,10,12H,2,7H2,1H3,(H2,18,19,20,22). The Kier molecular flexibility index (Phi) is 4.44. The van der Waals surface area contributed by atoms with Crippen molar-refractivity contribution in [2.24, 2.45) is 5.92 Å². The highest BCUT2D eigenvalue weighted by Crippen LogP contribution is 2.37. The molecule has 3 rings (SSSR count). The largest absolute Gasteiger partial charge is 0.469 e. The van der Waals surface area contributed by atoms with Crippen molar-refractivity contribution in [2.75, 3.05) is 6.61 Å². The summed E-state index contributed by atoms with van der Waals surface area (Å²) in [6, 6.07) is 6.88. The van der Waals surface area contributed by atoms with Crippen molar-refractivity contribution in [2.45, 2.75) is 19.4 Å². The monoisotopic (exact) mass is 350 g/mol. The van der Waals surface area contributed by atoms with E-state index in [1.54, 1.807) is 31.2 Å². The number of benzene rings is 1. The van der Waals surface area contributed by atoms with E-state index in [1.165, 1.54) is 0 Å². The number of hydrogen-bond donors (Lipinski definition) is 2. The Morgan fingerprint density at radius 1 is 1.38 bits per heavy atom. The minimum Gasteiger partial charge on any atom is -0.469 e. The molecule has 2 heterocycles. The van der Waals surface area contributed by atoms with Crippen LogP contribution < -0.4 is 16.0 Å². The zero-order chi connectivity index (χ0) is 17.3. The van der Waals surface area contributed by atoms with E-state index in [2.05, 4.69) is 9.97 Å². The molecule has 0 saturated heterocycles. The van der Waals surface area contributed by atoms with Gasteiger partial charge in [0.25, 0.3) is 5.56 Å². The zero-order valence-corrected chi connectivity index (χ0v) is 13.6. The summed E-state index contributed by atoms with van der Waals surface area (Å²) in [7, 11) is 0. The molecule has 8 heteroatoms. The van der Waals surface area contributed by atoms with Crippen LogP contribution in [0.2, 0.25) is 5.02 Å². The lowest BCUT2D eigenvalue weighted by molar-refractivity contribution is -0.152. The number of esters is 1. The average Bonchev–Trinajstić information content (AvgIpc) is 2.54. The van der Waals surface area contributed by atoms with Crippen LogP contribution in [-0.2, 0) is 16.0 Å². The molecular formula is C16H15ClN2O5. The molecule has 0 fully saturated rings. The normalized spacial score (nSPS) is 19.2. The molecule has 126 valence electrons. The topological polar surface area (TPSA) is 101 Å². The lowest BCUT2D eigenvalue weighted by Gasteiger charge is -2.31. The first-order valence-corrected chi connectivity index (χ1v) is 7.81. The Labute approximate surface area is 141 Å². The number of aromatic amines is 2. The third-order valence-electron chi connectivity index (χ3n) is 3.80. The Morgan fingerprint density at radius 3 is 2.88 bits per heavy atom. The summed E-state index contributed by atoms with van der Waals surface area (Å²) < 4.78 is 10.9. The molecule has 2 N–H and O–H groups in total. The number of rotatable bonds is 3. The lowest BCUT2D eigenvalue weighted by atomic mass is 9.88. The van der Waals surface area contributed by atoms with Gasteiger partial charge in [0.1, 0.15) is 12.0 Å². The maximum atomic E-state index is 12.3. The van der Waals surface area contributed by atoms with Crippen LogP contribution in [0.5, 0.6) is 5.88 Å². The molecule has 2 aromatic rings. The Bertz CT molecular complexity index is 889. The van der Waals surface area contributed by atoms with Gasteiger partial charge in [-0.15, -0.1) is 0 Å². The molecule has 0 saturated carbocycles. The molecule has 1 aromatic carbocycles. The summed E-state index contributed by atoms with van der Waals surface area (Å²) >= 11 is 6.02. The fraction of sp³-hybridized carbons (Fsp3) is 0.312. The number of aromatic nitrogens is 2. The fourth-order valence-electron chi connectivity index (χ4n) is 2.75. The third kappa shape index (κ3) is 3.07. The molecule has 1 aliphatic rings. The summed E-state index contributed by atoms with van der Waals surface area (Å²) in [6.07, 6.45) is -0.620. The maximum absolute atomic E-state index is 12.3. The molecule has 1 aromatic heterocycles. The smallest absolute Gasteiger partial charge is 0.328 e.